The zero-order valence-corrected chi connectivity index (χ0v) is 11.0. The molecule has 0 radical (unpaired) electrons. The molecule has 0 saturated carbocycles. The fraction of sp³-hybridized carbons (Fsp3) is 0.308. The van der Waals surface area contributed by atoms with E-state index < -0.39 is 0 Å². The van der Waals surface area contributed by atoms with E-state index in [2.05, 4.69) is 18.8 Å². The molecule has 0 aliphatic heterocycles. The molecule has 3 nitrogen and oxygen atoms in total. The number of rotatable bonds is 2. The van der Waals surface area contributed by atoms with E-state index in [0.717, 1.165) is 21.8 Å². The van der Waals surface area contributed by atoms with Crippen LogP contribution >= 0.6 is 11.6 Å². The maximum Gasteiger partial charge on any atom is 0.131 e. The van der Waals surface area contributed by atoms with Gasteiger partial charge in [-0.2, -0.15) is 0 Å². The minimum absolute atomic E-state index is 0.303. The quantitative estimate of drug-likeness (QED) is 0.883. The summed E-state index contributed by atoms with van der Waals surface area (Å²) in [5, 5.41) is 0.737. The van der Waals surface area contributed by atoms with Gasteiger partial charge in [0, 0.05) is 16.6 Å². The van der Waals surface area contributed by atoms with Crippen molar-refractivity contribution in [3.05, 3.63) is 35.1 Å². The van der Waals surface area contributed by atoms with Gasteiger partial charge in [-0.05, 0) is 32.4 Å². The Morgan fingerprint density at radius 1 is 1.35 bits per heavy atom. The van der Waals surface area contributed by atoms with Crippen LogP contribution in [0.3, 0.4) is 0 Å². The third kappa shape index (κ3) is 2.15. The molecule has 0 spiro atoms. The molecule has 2 N–H and O–H groups in total. The Bertz CT molecular complexity index is 544. The van der Waals surface area contributed by atoms with E-state index >= 15 is 0 Å². The van der Waals surface area contributed by atoms with Crippen molar-refractivity contribution in [1.82, 2.24) is 9.55 Å². The van der Waals surface area contributed by atoms with Crippen LogP contribution in [0, 0.1) is 6.92 Å². The molecule has 0 atom stereocenters. The highest BCUT2D eigenvalue weighted by molar-refractivity contribution is 6.31. The van der Waals surface area contributed by atoms with Gasteiger partial charge >= 0.3 is 0 Å². The standard InChI is InChI=1S/C13H16ClN3/c1-8(2)17-7-16-12(13(17)15)10-5-4-9(3)11(14)6-10/h4-8H,15H2,1-3H3. The summed E-state index contributed by atoms with van der Waals surface area (Å²) in [5.41, 5.74) is 8.88. The maximum absolute atomic E-state index is 6.11. The van der Waals surface area contributed by atoms with Gasteiger partial charge < -0.3 is 10.3 Å². The second-order valence-electron chi connectivity index (χ2n) is 4.44. The van der Waals surface area contributed by atoms with Gasteiger partial charge in [0.05, 0.1) is 6.33 Å². The lowest BCUT2D eigenvalue weighted by atomic mass is 10.1. The van der Waals surface area contributed by atoms with Gasteiger partial charge in [0.1, 0.15) is 11.5 Å². The Morgan fingerprint density at radius 3 is 2.59 bits per heavy atom. The molecule has 0 aliphatic rings. The van der Waals surface area contributed by atoms with Crippen LogP contribution in [-0.2, 0) is 0 Å². The molecule has 4 heteroatoms. The summed E-state index contributed by atoms with van der Waals surface area (Å²) in [6.45, 7) is 6.12. The van der Waals surface area contributed by atoms with E-state index in [9.17, 15) is 0 Å². The lowest BCUT2D eigenvalue weighted by Crippen LogP contribution is -2.04. The molecule has 17 heavy (non-hydrogen) atoms. The molecule has 0 amide bonds. The molecule has 0 fully saturated rings. The largest absolute Gasteiger partial charge is 0.383 e. The number of nitrogen functional groups attached to an aromatic ring is 1. The fourth-order valence-corrected chi connectivity index (χ4v) is 1.93. The first kappa shape index (κ1) is 12.0. The van der Waals surface area contributed by atoms with Crippen LogP contribution < -0.4 is 5.73 Å². The molecular weight excluding hydrogens is 234 g/mol. The predicted octanol–water partition coefficient (Wildman–Crippen LogP) is 3.68. The van der Waals surface area contributed by atoms with Gasteiger partial charge in [0.25, 0.3) is 0 Å². The molecule has 90 valence electrons. The molecule has 0 unspecified atom stereocenters. The van der Waals surface area contributed by atoms with Gasteiger partial charge in [-0.1, -0.05) is 23.7 Å². The van der Waals surface area contributed by atoms with Crippen molar-refractivity contribution < 1.29 is 0 Å². The molecular formula is C13H16ClN3. The van der Waals surface area contributed by atoms with E-state index in [1.165, 1.54) is 0 Å². The van der Waals surface area contributed by atoms with Crippen molar-refractivity contribution in [2.24, 2.45) is 0 Å². The Balaban J connectivity index is 2.50. The summed E-state index contributed by atoms with van der Waals surface area (Å²) >= 11 is 6.11. The van der Waals surface area contributed by atoms with Crippen molar-refractivity contribution in [1.29, 1.82) is 0 Å². The van der Waals surface area contributed by atoms with E-state index in [-0.39, 0.29) is 0 Å². The first-order valence-corrected chi connectivity index (χ1v) is 5.97. The Hall–Kier alpha value is -1.48. The lowest BCUT2D eigenvalue weighted by Gasteiger charge is -2.09. The number of benzene rings is 1. The topological polar surface area (TPSA) is 43.8 Å². The van der Waals surface area contributed by atoms with Crippen LogP contribution in [0.5, 0.6) is 0 Å². The van der Waals surface area contributed by atoms with Gasteiger partial charge in [-0.3, -0.25) is 0 Å². The molecule has 2 aromatic rings. The molecule has 1 aromatic heterocycles. The van der Waals surface area contributed by atoms with Crippen LogP contribution in [-0.4, -0.2) is 9.55 Å². The molecule has 1 heterocycles. The monoisotopic (exact) mass is 249 g/mol. The smallest absolute Gasteiger partial charge is 0.131 e. The zero-order chi connectivity index (χ0) is 12.6. The fourth-order valence-electron chi connectivity index (χ4n) is 1.74. The van der Waals surface area contributed by atoms with Gasteiger partial charge in [0.2, 0.25) is 0 Å². The minimum Gasteiger partial charge on any atom is -0.383 e. The molecule has 1 aromatic carbocycles. The number of hydrogen-bond donors (Lipinski definition) is 1. The average Bonchev–Trinajstić information content (AvgIpc) is 2.64. The van der Waals surface area contributed by atoms with Crippen molar-refractivity contribution in [3.63, 3.8) is 0 Å². The summed E-state index contributed by atoms with van der Waals surface area (Å²) in [4.78, 5) is 4.36. The number of nitrogens with zero attached hydrogens (tertiary/aromatic N) is 2. The van der Waals surface area contributed by atoms with Crippen LogP contribution in [0.4, 0.5) is 5.82 Å². The highest BCUT2D eigenvalue weighted by Crippen LogP contribution is 2.29. The first-order chi connectivity index (χ1) is 8.00. The molecule has 0 bridgehead atoms. The molecule has 2 rings (SSSR count). The van der Waals surface area contributed by atoms with Crippen molar-refractivity contribution in [2.75, 3.05) is 5.73 Å². The summed E-state index contributed by atoms with van der Waals surface area (Å²) in [7, 11) is 0. The van der Waals surface area contributed by atoms with Gasteiger partial charge in [0.15, 0.2) is 0 Å². The highest BCUT2D eigenvalue weighted by atomic mass is 35.5. The van der Waals surface area contributed by atoms with E-state index in [4.69, 9.17) is 17.3 Å². The lowest BCUT2D eigenvalue weighted by molar-refractivity contribution is 0.607. The second kappa shape index (κ2) is 4.41. The van der Waals surface area contributed by atoms with E-state index in [0.29, 0.717) is 11.9 Å². The van der Waals surface area contributed by atoms with Crippen molar-refractivity contribution in [2.45, 2.75) is 26.8 Å². The van der Waals surface area contributed by atoms with Crippen molar-refractivity contribution >= 4 is 17.4 Å². The van der Waals surface area contributed by atoms with E-state index in [1.54, 1.807) is 6.33 Å². The number of hydrogen-bond acceptors (Lipinski definition) is 2. The van der Waals surface area contributed by atoms with Crippen LogP contribution in [0.15, 0.2) is 24.5 Å². The average molecular weight is 250 g/mol. The third-order valence-electron chi connectivity index (χ3n) is 2.83. The number of halogens is 1. The summed E-state index contributed by atoms with van der Waals surface area (Å²) < 4.78 is 1.95. The molecule has 0 aliphatic carbocycles. The summed E-state index contributed by atoms with van der Waals surface area (Å²) in [6.07, 6.45) is 1.77. The predicted molar refractivity (Wildman–Crippen MR) is 72.2 cm³/mol. The second-order valence-corrected chi connectivity index (χ2v) is 4.85. The van der Waals surface area contributed by atoms with E-state index in [1.807, 2.05) is 29.7 Å². The van der Waals surface area contributed by atoms with Crippen LogP contribution in [0.2, 0.25) is 5.02 Å². The van der Waals surface area contributed by atoms with Gasteiger partial charge in [-0.25, -0.2) is 4.98 Å². The summed E-state index contributed by atoms with van der Waals surface area (Å²) in [6, 6.07) is 6.17. The Morgan fingerprint density at radius 2 is 2.06 bits per heavy atom. The van der Waals surface area contributed by atoms with Crippen molar-refractivity contribution in [3.8, 4) is 11.3 Å². The Labute approximate surface area is 106 Å². The number of aryl methyl sites for hydroxylation is 1. The third-order valence-corrected chi connectivity index (χ3v) is 3.24. The number of aromatic nitrogens is 2. The summed E-state index contributed by atoms with van der Waals surface area (Å²) in [5.74, 6) is 0.680. The normalized spacial score (nSPS) is 11.1. The first-order valence-electron chi connectivity index (χ1n) is 5.59. The SMILES string of the molecule is Cc1ccc(-c2ncn(C(C)C)c2N)cc1Cl. The zero-order valence-electron chi connectivity index (χ0n) is 10.2. The number of nitrogens with two attached hydrogens (primary N) is 1. The number of imidazole rings is 1. The van der Waals surface area contributed by atoms with Gasteiger partial charge in [-0.15, -0.1) is 0 Å². The Kier molecular flexibility index (Phi) is 3.11. The minimum atomic E-state index is 0.303. The van der Waals surface area contributed by atoms with Crippen LogP contribution in [0.1, 0.15) is 25.5 Å². The maximum atomic E-state index is 6.11. The molecule has 0 saturated heterocycles. The highest BCUT2D eigenvalue weighted by Gasteiger charge is 2.12. The van der Waals surface area contributed by atoms with Crippen LogP contribution in [0.25, 0.3) is 11.3 Å². The number of anilines is 1.